The normalized spacial score (nSPS) is 18.2. The van der Waals surface area contributed by atoms with Crippen LogP contribution in [0, 0.1) is 25.6 Å². The van der Waals surface area contributed by atoms with Crippen LogP contribution in [0.1, 0.15) is 46.0 Å². The number of amides is 1. The molecular formula is C25H34FIN4O2. The molecule has 2 aromatic rings. The number of rotatable bonds is 7. The van der Waals surface area contributed by atoms with E-state index >= 15 is 0 Å². The zero-order valence-electron chi connectivity index (χ0n) is 19.5. The van der Waals surface area contributed by atoms with Crippen LogP contribution in [0.15, 0.2) is 47.5 Å². The average Bonchev–Trinajstić information content (AvgIpc) is 2.81. The zero-order valence-corrected chi connectivity index (χ0v) is 21.8. The summed E-state index contributed by atoms with van der Waals surface area (Å²) in [7, 11) is 1.72. The third-order valence-electron chi connectivity index (χ3n) is 5.74. The van der Waals surface area contributed by atoms with Crippen LogP contribution >= 0.6 is 24.0 Å². The highest BCUT2D eigenvalue weighted by atomic mass is 127. The number of hydrogen-bond donors (Lipinski definition) is 3. The van der Waals surface area contributed by atoms with Gasteiger partial charge in [-0.3, -0.25) is 9.79 Å². The molecule has 1 aliphatic heterocycles. The first-order valence-corrected chi connectivity index (χ1v) is 11.1. The van der Waals surface area contributed by atoms with Crippen molar-refractivity contribution in [2.75, 3.05) is 33.3 Å². The monoisotopic (exact) mass is 568 g/mol. The molecule has 6 nitrogen and oxygen atoms in total. The first-order valence-electron chi connectivity index (χ1n) is 11.1. The van der Waals surface area contributed by atoms with Crippen molar-refractivity contribution in [3.63, 3.8) is 0 Å². The molecule has 2 aromatic carbocycles. The molecule has 1 heterocycles. The number of guanidine groups is 1. The van der Waals surface area contributed by atoms with Crippen molar-refractivity contribution in [3.8, 4) is 0 Å². The highest BCUT2D eigenvalue weighted by molar-refractivity contribution is 14.0. The Labute approximate surface area is 212 Å². The second kappa shape index (κ2) is 13.5. The summed E-state index contributed by atoms with van der Waals surface area (Å²) in [6, 6.07) is 13.0. The largest absolute Gasteiger partial charge is 0.373 e. The molecule has 1 fully saturated rings. The Balaban J connectivity index is 0.00000385. The quantitative estimate of drug-likeness (QED) is 0.203. The van der Waals surface area contributed by atoms with Crippen LogP contribution in [-0.4, -0.2) is 45.2 Å². The van der Waals surface area contributed by atoms with Gasteiger partial charge in [-0.05, 0) is 49.9 Å². The molecule has 0 aliphatic carbocycles. The van der Waals surface area contributed by atoms with Gasteiger partial charge < -0.3 is 20.7 Å². The SMILES string of the molecule is CN=C(NCCNC(=O)c1ccc(C)c(F)c1)NCC1CCCOC1c1ccc(C)cc1.I. The topological polar surface area (TPSA) is 74.8 Å². The maximum atomic E-state index is 13.6. The van der Waals surface area contributed by atoms with Gasteiger partial charge in [0.15, 0.2) is 5.96 Å². The van der Waals surface area contributed by atoms with E-state index in [4.69, 9.17) is 4.74 Å². The van der Waals surface area contributed by atoms with Gasteiger partial charge in [0.2, 0.25) is 0 Å². The van der Waals surface area contributed by atoms with E-state index in [9.17, 15) is 9.18 Å². The fraction of sp³-hybridized carbons (Fsp3) is 0.440. The molecule has 1 aliphatic rings. The van der Waals surface area contributed by atoms with Crippen LogP contribution in [0.5, 0.6) is 0 Å². The lowest BCUT2D eigenvalue weighted by Crippen LogP contribution is -2.44. The molecule has 1 amide bonds. The molecule has 180 valence electrons. The number of carbonyl (C=O) groups is 1. The van der Waals surface area contributed by atoms with E-state index in [2.05, 4.69) is 52.1 Å². The van der Waals surface area contributed by atoms with E-state index in [0.717, 1.165) is 26.0 Å². The van der Waals surface area contributed by atoms with E-state index in [-0.39, 0.29) is 41.8 Å². The van der Waals surface area contributed by atoms with Gasteiger partial charge in [0.25, 0.3) is 5.91 Å². The van der Waals surface area contributed by atoms with Crippen LogP contribution in [0.3, 0.4) is 0 Å². The third-order valence-corrected chi connectivity index (χ3v) is 5.74. The minimum atomic E-state index is -0.379. The highest BCUT2D eigenvalue weighted by Crippen LogP contribution is 2.33. The number of aliphatic imine (C=N–C) groups is 1. The summed E-state index contributed by atoms with van der Waals surface area (Å²) < 4.78 is 19.7. The number of halogens is 2. The fourth-order valence-corrected chi connectivity index (χ4v) is 3.82. The fourth-order valence-electron chi connectivity index (χ4n) is 3.82. The third kappa shape index (κ3) is 7.96. The average molecular weight is 568 g/mol. The molecule has 2 unspecified atom stereocenters. The van der Waals surface area contributed by atoms with Crippen LogP contribution < -0.4 is 16.0 Å². The number of ether oxygens (including phenoxy) is 1. The number of carbonyl (C=O) groups excluding carboxylic acids is 1. The van der Waals surface area contributed by atoms with Crippen LogP contribution in [0.4, 0.5) is 4.39 Å². The Morgan fingerprint density at radius 3 is 2.52 bits per heavy atom. The maximum absolute atomic E-state index is 13.6. The molecule has 8 heteroatoms. The maximum Gasteiger partial charge on any atom is 0.251 e. The van der Waals surface area contributed by atoms with E-state index in [1.54, 1.807) is 26.1 Å². The summed E-state index contributed by atoms with van der Waals surface area (Å²) in [5.74, 6) is 0.347. The van der Waals surface area contributed by atoms with Crippen molar-refractivity contribution in [3.05, 3.63) is 70.5 Å². The molecule has 0 aromatic heterocycles. The van der Waals surface area contributed by atoms with Gasteiger partial charge in [0, 0.05) is 44.8 Å². The van der Waals surface area contributed by atoms with Gasteiger partial charge in [-0.15, -0.1) is 24.0 Å². The van der Waals surface area contributed by atoms with Crippen molar-refractivity contribution in [1.82, 2.24) is 16.0 Å². The first kappa shape index (κ1) is 27.0. The Morgan fingerprint density at radius 2 is 1.82 bits per heavy atom. The Bertz CT molecular complexity index is 937. The summed E-state index contributed by atoms with van der Waals surface area (Å²) in [6.45, 7) is 6.18. The lowest BCUT2D eigenvalue weighted by atomic mass is 9.89. The van der Waals surface area contributed by atoms with Crippen LogP contribution in [0.25, 0.3) is 0 Å². The molecule has 0 saturated carbocycles. The number of aryl methyl sites for hydroxylation is 2. The second-order valence-electron chi connectivity index (χ2n) is 8.20. The highest BCUT2D eigenvalue weighted by Gasteiger charge is 2.27. The van der Waals surface area contributed by atoms with Crippen LogP contribution in [-0.2, 0) is 4.74 Å². The molecule has 3 N–H and O–H groups in total. The van der Waals surface area contributed by atoms with Gasteiger partial charge in [0.1, 0.15) is 5.82 Å². The van der Waals surface area contributed by atoms with Gasteiger partial charge in [-0.1, -0.05) is 35.9 Å². The van der Waals surface area contributed by atoms with E-state index in [1.807, 2.05) is 0 Å². The minimum absolute atomic E-state index is 0. The van der Waals surface area contributed by atoms with Crippen molar-refractivity contribution >= 4 is 35.8 Å². The van der Waals surface area contributed by atoms with Crippen molar-refractivity contribution in [1.29, 1.82) is 0 Å². The lowest BCUT2D eigenvalue weighted by molar-refractivity contribution is -0.0265. The zero-order chi connectivity index (χ0) is 22.9. The first-order chi connectivity index (χ1) is 15.5. The van der Waals surface area contributed by atoms with Gasteiger partial charge in [-0.2, -0.15) is 0 Å². The summed E-state index contributed by atoms with van der Waals surface area (Å²) in [5.41, 5.74) is 3.28. The molecule has 0 spiro atoms. The van der Waals surface area contributed by atoms with Crippen molar-refractivity contribution < 1.29 is 13.9 Å². The molecule has 3 rings (SSSR count). The number of nitrogens with zero attached hydrogens (tertiary/aromatic N) is 1. The summed E-state index contributed by atoms with van der Waals surface area (Å²) in [4.78, 5) is 16.5. The van der Waals surface area contributed by atoms with E-state index < -0.39 is 0 Å². The lowest BCUT2D eigenvalue weighted by Gasteiger charge is -2.32. The van der Waals surface area contributed by atoms with Crippen molar-refractivity contribution in [2.45, 2.75) is 32.8 Å². The predicted molar refractivity (Wildman–Crippen MR) is 141 cm³/mol. The standard InChI is InChI=1S/C25H33FN4O2.HI/c1-17-6-9-19(10-7-17)23-21(5-4-14-32-23)16-30-25(27-3)29-13-12-28-24(31)20-11-8-18(2)22(26)15-20;/h6-11,15,21,23H,4-5,12-14,16H2,1-3H3,(H,28,31)(H2,27,29,30);1H. The number of nitrogens with one attached hydrogen (secondary N) is 3. The van der Waals surface area contributed by atoms with Gasteiger partial charge in [0.05, 0.1) is 6.10 Å². The number of hydrogen-bond acceptors (Lipinski definition) is 3. The summed E-state index contributed by atoms with van der Waals surface area (Å²) in [6.07, 6.45) is 2.21. The molecule has 0 radical (unpaired) electrons. The Kier molecular flexibility index (Phi) is 11.1. The summed E-state index contributed by atoms with van der Waals surface area (Å²) in [5, 5.41) is 9.38. The second-order valence-corrected chi connectivity index (χ2v) is 8.20. The van der Waals surface area contributed by atoms with Crippen LogP contribution in [0.2, 0.25) is 0 Å². The Morgan fingerprint density at radius 1 is 1.09 bits per heavy atom. The number of benzene rings is 2. The predicted octanol–water partition coefficient (Wildman–Crippen LogP) is 4.12. The van der Waals surface area contributed by atoms with E-state index in [0.29, 0.717) is 36.1 Å². The molecule has 1 saturated heterocycles. The smallest absolute Gasteiger partial charge is 0.251 e. The molecule has 33 heavy (non-hydrogen) atoms. The van der Waals surface area contributed by atoms with Crippen molar-refractivity contribution in [2.24, 2.45) is 10.9 Å². The summed E-state index contributed by atoms with van der Waals surface area (Å²) >= 11 is 0. The molecular weight excluding hydrogens is 534 g/mol. The van der Waals surface area contributed by atoms with Gasteiger partial charge in [-0.25, -0.2) is 4.39 Å². The van der Waals surface area contributed by atoms with E-state index in [1.165, 1.54) is 17.2 Å². The van der Waals surface area contributed by atoms with Gasteiger partial charge >= 0.3 is 0 Å². The molecule has 2 atom stereocenters. The minimum Gasteiger partial charge on any atom is -0.373 e. The Hall–Kier alpha value is -2.20. The molecule has 0 bridgehead atoms.